The normalized spacial score (nSPS) is 12.1. The smallest absolute Gasteiger partial charge is 0.116 e. The highest BCUT2D eigenvalue weighted by Crippen LogP contribution is 2.47. The van der Waals surface area contributed by atoms with Gasteiger partial charge in [0.05, 0.1) is 22.4 Å². The molecule has 1 aliphatic carbocycles. The number of rotatable bonds is 1. The summed E-state index contributed by atoms with van der Waals surface area (Å²) in [5, 5.41) is 5.06. The fraction of sp³-hybridized carbons (Fsp3) is 0. The predicted octanol–water partition coefficient (Wildman–Crippen LogP) is 6.37. The van der Waals surface area contributed by atoms with Crippen molar-refractivity contribution in [3.63, 3.8) is 0 Å². The van der Waals surface area contributed by atoms with Gasteiger partial charge in [-0.25, -0.2) is 9.97 Å². The molecule has 3 heteroatoms. The lowest BCUT2D eigenvalue weighted by molar-refractivity contribution is 1.18. The van der Waals surface area contributed by atoms with E-state index in [1.54, 1.807) is 6.33 Å². The molecule has 0 saturated heterocycles. The Morgan fingerprint density at radius 2 is 1.31 bits per heavy atom. The van der Waals surface area contributed by atoms with Gasteiger partial charge in [-0.2, -0.15) is 0 Å². The average Bonchev–Trinajstić information content (AvgIpc) is 3.29. The van der Waals surface area contributed by atoms with Gasteiger partial charge in [-0.15, -0.1) is 0 Å². The summed E-state index contributed by atoms with van der Waals surface area (Å²) in [4.78, 5) is 8.84. The van der Waals surface area contributed by atoms with Crippen molar-refractivity contribution in [2.45, 2.75) is 0 Å². The van der Waals surface area contributed by atoms with Gasteiger partial charge in [0.2, 0.25) is 0 Å². The highest BCUT2D eigenvalue weighted by Gasteiger charge is 2.24. The van der Waals surface area contributed by atoms with Crippen molar-refractivity contribution < 1.29 is 0 Å². The van der Waals surface area contributed by atoms with E-state index in [1.165, 1.54) is 49.4 Å². The van der Waals surface area contributed by atoms with Gasteiger partial charge in [0.15, 0.2) is 0 Å². The van der Waals surface area contributed by atoms with Crippen LogP contribution in [0.25, 0.3) is 60.6 Å². The van der Waals surface area contributed by atoms with Crippen LogP contribution in [0.15, 0.2) is 91.4 Å². The third kappa shape index (κ3) is 1.82. The van der Waals surface area contributed by atoms with Crippen molar-refractivity contribution in [1.29, 1.82) is 0 Å². The van der Waals surface area contributed by atoms with Crippen molar-refractivity contribution >= 4 is 32.6 Å². The lowest BCUT2D eigenvalue weighted by Gasteiger charge is -2.13. The summed E-state index contributed by atoms with van der Waals surface area (Å²) in [6, 6.07) is 28.3. The molecule has 0 N–H and O–H groups in total. The molecule has 7 rings (SSSR count). The molecular weight excluding hydrogens is 354 g/mol. The molecule has 0 radical (unpaired) electrons. The van der Waals surface area contributed by atoms with E-state index in [4.69, 9.17) is 0 Å². The zero-order chi connectivity index (χ0) is 18.9. The van der Waals surface area contributed by atoms with Crippen molar-refractivity contribution in [3.8, 4) is 28.1 Å². The minimum Gasteiger partial charge on any atom is -0.309 e. The summed E-state index contributed by atoms with van der Waals surface area (Å²) in [6.45, 7) is 0. The summed E-state index contributed by atoms with van der Waals surface area (Å²) in [6.07, 6.45) is 3.56. The van der Waals surface area contributed by atoms with Crippen LogP contribution < -0.4 is 0 Å². The van der Waals surface area contributed by atoms with Gasteiger partial charge in [0.1, 0.15) is 6.33 Å². The Hall–Kier alpha value is -3.98. The van der Waals surface area contributed by atoms with Gasteiger partial charge < -0.3 is 4.57 Å². The minimum absolute atomic E-state index is 1.03. The third-order valence-electron chi connectivity index (χ3n) is 6.10. The molecule has 4 aromatic carbocycles. The van der Waals surface area contributed by atoms with Crippen LogP contribution in [0.4, 0.5) is 0 Å². The van der Waals surface area contributed by atoms with E-state index in [-0.39, 0.29) is 0 Å². The van der Waals surface area contributed by atoms with Crippen LogP contribution >= 0.6 is 0 Å². The molecule has 0 fully saturated rings. The topological polar surface area (TPSA) is 30.7 Å². The Morgan fingerprint density at radius 3 is 2.10 bits per heavy atom. The maximum absolute atomic E-state index is 4.57. The minimum atomic E-state index is 1.03. The maximum Gasteiger partial charge on any atom is 0.116 e. The van der Waals surface area contributed by atoms with Gasteiger partial charge in [-0.05, 0) is 23.8 Å². The predicted molar refractivity (Wildman–Crippen MR) is 118 cm³/mol. The highest BCUT2D eigenvalue weighted by atomic mass is 15.0. The fourth-order valence-electron chi connectivity index (χ4n) is 4.93. The zero-order valence-electron chi connectivity index (χ0n) is 15.5. The summed E-state index contributed by atoms with van der Waals surface area (Å²) in [5.74, 6) is 0. The molecule has 134 valence electrons. The number of aromatic nitrogens is 3. The van der Waals surface area contributed by atoms with Crippen molar-refractivity contribution in [3.05, 3.63) is 91.4 Å². The number of para-hydroxylation sites is 2. The molecule has 3 nitrogen and oxygen atoms in total. The second-order valence-electron chi connectivity index (χ2n) is 7.52. The monoisotopic (exact) mass is 369 g/mol. The number of fused-ring (bicyclic) bond motifs is 6. The number of benzene rings is 4. The van der Waals surface area contributed by atoms with Gasteiger partial charge in [-0.3, -0.25) is 0 Å². The molecule has 29 heavy (non-hydrogen) atoms. The van der Waals surface area contributed by atoms with E-state index in [2.05, 4.69) is 93.4 Å². The number of hydrogen-bond donors (Lipinski definition) is 0. The SMILES string of the molecule is c1cc2c3c(ccc(-n4c5ccccc5c5ccccc54)c3c1)-c1cncnc1-2. The molecule has 0 unspecified atom stereocenters. The Kier molecular flexibility index (Phi) is 2.74. The van der Waals surface area contributed by atoms with Crippen LogP contribution in [0.5, 0.6) is 0 Å². The van der Waals surface area contributed by atoms with Crippen molar-refractivity contribution in [2.24, 2.45) is 0 Å². The fourth-order valence-corrected chi connectivity index (χ4v) is 4.93. The summed E-state index contributed by atoms with van der Waals surface area (Å²) < 4.78 is 2.39. The average molecular weight is 369 g/mol. The molecule has 0 saturated carbocycles. The summed E-state index contributed by atoms with van der Waals surface area (Å²) in [7, 11) is 0. The van der Waals surface area contributed by atoms with Crippen LogP contribution in [-0.4, -0.2) is 14.5 Å². The van der Waals surface area contributed by atoms with Crippen LogP contribution in [-0.2, 0) is 0 Å². The van der Waals surface area contributed by atoms with Crippen molar-refractivity contribution in [2.75, 3.05) is 0 Å². The lowest BCUT2D eigenvalue weighted by Crippen LogP contribution is -1.95. The highest BCUT2D eigenvalue weighted by molar-refractivity contribution is 6.17. The van der Waals surface area contributed by atoms with E-state index in [0.29, 0.717) is 0 Å². The molecule has 6 aromatic rings. The second kappa shape index (κ2) is 5.30. The van der Waals surface area contributed by atoms with Crippen LogP contribution in [0.3, 0.4) is 0 Å². The summed E-state index contributed by atoms with van der Waals surface area (Å²) >= 11 is 0. The summed E-state index contributed by atoms with van der Waals surface area (Å²) in [5.41, 5.74) is 8.21. The largest absolute Gasteiger partial charge is 0.309 e. The van der Waals surface area contributed by atoms with Crippen LogP contribution in [0, 0.1) is 0 Å². The Bertz CT molecular complexity index is 1530. The van der Waals surface area contributed by atoms with E-state index in [0.717, 1.165) is 11.3 Å². The van der Waals surface area contributed by atoms with E-state index in [9.17, 15) is 0 Å². The van der Waals surface area contributed by atoms with E-state index >= 15 is 0 Å². The van der Waals surface area contributed by atoms with E-state index < -0.39 is 0 Å². The Balaban J connectivity index is 1.67. The zero-order valence-corrected chi connectivity index (χ0v) is 15.5. The standard InChI is InChI=1S/C26H15N3/c1-3-10-22-16(6-1)17-7-2-4-11-23(17)29(22)24-13-12-18-21-14-27-15-28-26(21)20-9-5-8-19(24)25(18)20/h1-15H. The Labute approximate surface area is 166 Å². The molecule has 0 spiro atoms. The molecule has 2 heterocycles. The number of hydrogen-bond acceptors (Lipinski definition) is 2. The molecule has 2 aromatic heterocycles. The molecule has 0 bridgehead atoms. The first-order valence-corrected chi connectivity index (χ1v) is 9.77. The first kappa shape index (κ1) is 15.0. The Morgan fingerprint density at radius 1 is 0.586 bits per heavy atom. The van der Waals surface area contributed by atoms with Crippen LogP contribution in [0.2, 0.25) is 0 Å². The van der Waals surface area contributed by atoms with E-state index in [1.807, 2.05) is 6.20 Å². The number of nitrogens with zero attached hydrogens (tertiary/aromatic N) is 3. The third-order valence-corrected chi connectivity index (χ3v) is 6.10. The van der Waals surface area contributed by atoms with Crippen LogP contribution in [0.1, 0.15) is 0 Å². The maximum atomic E-state index is 4.57. The van der Waals surface area contributed by atoms with Gasteiger partial charge in [0.25, 0.3) is 0 Å². The molecule has 0 amide bonds. The van der Waals surface area contributed by atoms with Gasteiger partial charge in [-0.1, -0.05) is 60.7 Å². The second-order valence-corrected chi connectivity index (χ2v) is 7.52. The lowest BCUT2D eigenvalue weighted by atomic mass is 10.0. The van der Waals surface area contributed by atoms with Gasteiger partial charge in [0, 0.05) is 38.9 Å². The van der Waals surface area contributed by atoms with Crippen molar-refractivity contribution in [1.82, 2.24) is 14.5 Å². The molecule has 0 aliphatic heterocycles. The molecule has 0 atom stereocenters. The first-order valence-electron chi connectivity index (χ1n) is 9.77. The quantitative estimate of drug-likeness (QED) is 0.336. The molecule has 1 aliphatic rings. The molecular formula is C26H15N3. The first-order chi connectivity index (χ1) is 14.4. The van der Waals surface area contributed by atoms with Gasteiger partial charge >= 0.3 is 0 Å².